The average molecular weight is 191 g/mol. The van der Waals surface area contributed by atoms with Gasteiger partial charge < -0.3 is 9.47 Å². The van der Waals surface area contributed by atoms with Crippen molar-refractivity contribution >= 4 is 12.2 Å². The van der Waals surface area contributed by atoms with Gasteiger partial charge in [0.25, 0.3) is 5.91 Å². The van der Waals surface area contributed by atoms with E-state index in [-0.39, 0.29) is 0 Å². The average Bonchev–Trinajstić information content (AvgIpc) is 2.19. The Labute approximate surface area is 83.1 Å². The highest BCUT2D eigenvalue weighted by Gasteiger charge is 2.27. The van der Waals surface area contributed by atoms with Crippen LogP contribution in [0.3, 0.4) is 0 Å². The first-order valence-corrected chi connectivity index (χ1v) is 4.41. The molecule has 3 heteroatoms. The van der Waals surface area contributed by atoms with Crippen molar-refractivity contribution in [3.63, 3.8) is 0 Å². The highest BCUT2D eigenvalue weighted by Crippen LogP contribution is 2.28. The van der Waals surface area contributed by atoms with Crippen LogP contribution in [-0.4, -0.2) is 14.2 Å². The van der Waals surface area contributed by atoms with E-state index in [2.05, 4.69) is 6.08 Å². The maximum absolute atomic E-state index is 5.89. The van der Waals surface area contributed by atoms with Gasteiger partial charge in [-0.2, -0.15) is 0 Å². The molecule has 0 amide bonds. The summed E-state index contributed by atoms with van der Waals surface area (Å²) in [5, 5.41) is 0. The van der Waals surface area contributed by atoms with Gasteiger partial charge in [-0.25, -0.2) is 0 Å². The number of methoxy groups -OCH3 is 2. The van der Waals surface area contributed by atoms with Gasteiger partial charge in [-0.15, -0.1) is 0 Å². The fourth-order valence-corrected chi connectivity index (χ4v) is 1.49. The summed E-state index contributed by atoms with van der Waals surface area (Å²) in [5.74, 6) is -1.14. The van der Waals surface area contributed by atoms with Gasteiger partial charge in [0.05, 0.1) is 0 Å². The standard InChI is InChI=1S/C11H13NO2/c1-13-11(12,14-2)10-6-5-8-3-4-9(8)7-10/h3-7H,12H2,1-2H3. The van der Waals surface area contributed by atoms with Crippen molar-refractivity contribution in [1.29, 1.82) is 0 Å². The van der Waals surface area contributed by atoms with E-state index in [1.165, 1.54) is 25.3 Å². The molecule has 0 saturated heterocycles. The second-order valence-corrected chi connectivity index (χ2v) is 3.25. The Morgan fingerprint density at radius 2 is 1.71 bits per heavy atom. The lowest BCUT2D eigenvalue weighted by atomic mass is 9.94. The van der Waals surface area contributed by atoms with Crippen LogP contribution in [0.1, 0.15) is 16.7 Å². The van der Waals surface area contributed by atoms with E-state index in [4.69, 9.17) is 15.2 Å². The lowest BCUT2D eigenvalue weighted by Crippen LogP contribution is -2.40. The monoisotopic (exact) mass is 191 g/mol. The van der Waals surface area contributed by atoms with E-state index in [0.717, 1.165) is 5.56 Å². The molecule has 0 spiro atoms. The summed E-state index contributed by atoms with van der Waals surface area (Å²) in [6, 6.07) is 5.89. The lowest BCUT2D eigenvalue weighted by molar-refractivity contribution is -0.211. The van der Waals surface area contributed by atoms with E-state index in [1.54, 1.807) is 0 Å². The van der Waals surface area contributed by atoms with E-state index < -0.39 is 5.91 Å². The molecule has 0 saturated carbocycles. The summed E-state index contributed by atoms with van der Waals surface area (Å²) in [6.45, 7) is 0. The third kappa shape index (κ3) is 1.26. The van der Waals surface area contributed by atoms with E-state index in [1.807, 2.05) is 24.3 Å². The molecule has 1 aromatic rings. The van der Waals surface area contributed by atoms with Crippen LogP contribution in [0.4, 0.5) is 0 Å². The molecule has 3 nitrogen and oxygen atoms in total. The topological polar surface area (TPSA) is 44.5 Å². The molecule has 0 fully saturated rings. The highest BCUT2D eigenvalue weighted by atomic mass is 16.7. The molecule has 0 heterocycles. The van der Waals surface area contributed by atoms with Crippen molar-refractivity contribution in [2.75, 3.05) is 14.2 Å². The summed E-state index contributed by atoms with van der Waals surface area (Å²) in [6.07, 6.45) is 4.08. The molecule has 0 radical (unpaired) electrons. The van der Waals surface area contributed by atoms with Gasteiger partial charge >= 0.3 is 0 Å². The van der Waals surface area contributed by atoms with Gasteiger partial charge in [-0.3, -0.25) is 5.73 Å². The number of ether oxygens (including phenoxy) is 2. The van der Waals surface area contributed by atoms with Crippen LogP contribution in [0.15, 0.2) is 18.2 Å². The van der Waals surface area contributed by atoms with Crippen molar-refractivity contribution in [2.24, 2.45) is 5.73 Å². The second-order valence-electron chi connectivity index (χ2n) is 3.25. The fourth-order valence-electron chi connectivity index (χ4n) is 1.49. The zero-order valence-corrected chi connectivity index (χ0v) is 8.28. The van der Waals surface area contributed by atoms with Gasteiger partial charge in [-0.1, -0.05) is 24.3 Å². The van der Waals surface area contributed by atoms with Crippen LogP contribution >= 0.6 is 0 Å². The molecule has 74 valence electrons. The van der Waals surface area contributed by atoms with Crippen LogP contribution in [0.25, 0.3) is 12.2 Å². The molecule has 0 bridgehead atoms. The molecule has 1 aliphatic carbocycles. The van der Waals surface area contributed by atoms with Gasteiger partial charge in [0.2, 0.25) is 0 Å². The Balaban J connectivity index is 2.38. The highest BCUT2D eigenvalue weighted by molar-refractivity contribution is 5.85. The quantitative estimate of drug-likeness (QED) is 0.748. The number of fused-ring (bicyclic) bond motifs is 1. The first-order valence-electron chi connectivity index (χ1n) is 4.41. The zero-order chi connectivity index (χ0) is 10.2. The van der Waals surface area contributed by atoms with Gasteiger partial charge in [0.1, 0.15) is 0 Å². The van der Waals surface area contributed by atoms with Gasteiger partial charge in [0, 0.05) is 19.8 Å². The van der Waals surface area contributed by atoms with E-state index in [9.17, 15) is 0 Å². The molecule has 0 unspecified atom stereocenters. The number of nitrogens with two attached hydrogens (primary N) is 1. The van der Waals surface area contributed by atoms with Crippen LogP contribution in [0.2, 0.25) is 0 Å². The molecule has 0 aromatic heterocycles. The van der Waals surface area contributed by atoms with Crippen molar-refractivity contribution < 1.29 is 9.47 Å². The molecule has 1 aliphatic rings. The molecule has 0 aliphatic heterocycles. The summed E-state index contributed by atoms with van der Waals surface area (Å²) in [7, 11) is 3.05. The number of hydrogen-bond donors (Lipinski definition) is 1. The molecular formula is C11H13NO2. The van der Waals surface area contributed by atoms with Crippen molar-refractivity contribution in [3.05, 3.63) is 34.9 Å². The van der Waals surface area contributed by atoms with Crippen LogP contribution < -0.4 is 5.73 Å². The molecule has 14 heavy (non-hydrogen) atoms. The summed E-state index contributed by atoms with van der Waals surface area (Å²) >= 11 is 0. The zero-order valence-electron chi connectivity index (χ0n) is 8.28. The third-order valence-corrected chi connectivity index (χ3v) is 2.54. The van der Waals surface area contributed by atoms with Crippen LogP contribution in [0, 0.1) is 0 Å². The lowest BCUT2D eigenvalue weighted by Gasteiger charge is -2.27. The Bertz CT molecular complexity index is 381. The first kappa shape index (κ1) is 9.40. The minimum absolute atomic E-state index is 0.825. The fraction of sp³-hybridized carbons (Fsp3) is 0.273. The van der Waals surface area contributed by atoms with Crippen LogP contribution in [-0.2, 0) is 15.4 Å². The number of benzene rings is 1. The summed E-state index contributed by atoms with van der Waals surface area (Å²) in [4.78, 5) is 0. The maximum atomic E-state index is 5.89. The predicted molar refractivity (Wildman–Crippen MR) is 55.3 cm³/mol. The van der Waals surface area contributed by atoms with Crippen molar-refractivity contribution in [3.8, 4) is 0 Å². The Morgan fingerprint density at radius 1 is 1.07 bits per heavy atom. The Kier molecular flexibility index (Phi) is 2.15. The molecule has 0 atom stereocenters. The third-order valence-electron chi connectivity index (χ3n) is 2.54. The predicted octanol–water partition coefficient (Wildman–Crippen LogP) is 1.53. The molecule has 2 rings (SSSR count). The smallest absolute Gasteiger partial charge is 0.252 e. The largest absolute Gasteiger partial charge is 0.337 e. The SMILES string of the molecule is COC(N)(OC)c1ccc2c(c1)C=C2. The van der Waals surface area contributed by atoms with Gasteiger partial charge in [0.15, 0.2) is 0 Å². The van der Waals surface area contributed by atoms with E-state index >= 15 is 0 Å². The molecular weight excluding hydrogens is 178 g/mol. The number of hydrogen-bond acceptors (Lipinski definition) is 3. The molecule has 1 aromatic carbocycles. The second kappa shape index (κ2) is 3.20. The van der Waals surface area contributed by atoms with E-state index in [0.29, 0.717) is 0 Å². The maximum Gasteiger partial charge on any atom is 0.252 e. The van der Waals surface area contributed by atoms with Crippen molar-refractivity contribution in [2.45, 2.75) is 5.91 Å². The van der Waals surface area contributed by atoms with Crippen LogP contribution in [0.5, 0.6) is 0 Å². The minimum atomic E-state index is -1.14. The minimum Gasteiger partial charge on any atom is -0.337 e. The summed E-state index contributed by atoms with van der Waals surface area (Å²) < 4.78 is 10.2. The Morgan fingerprint density at radius 3 is 2.14 bits per heavy atom. The van der Waals surface area contributed by atoms with Crippen molar-refractivity contribution in [1.82, 2.24) is 0 Å². The number of rotatable bonds is 3. The normalized spacial score (nSPS) is 13.6. The Hall–Kier alpha value is -1.16. The molecule has 2 N–H and O–H groups in total. The van der Waals surface area contributed by atoms with Gasteiger partial charge in [-0.05, 0) is 17.2 Å². The first-order chi connectivity index (χ1) is 6.69. The summed E-state index contributed by atoms with van der Waals surface area (Å²) in [5.41, 5.74) is 9.11.